The summed E-state index contributed by atoms with van der Waals surface area (Å²) in [5.74, 6) is -2.82. The number of benzene rings is 1. The molecule has 112 valence electrons. The van der Waals surface area contributed by atoms with Crippen LogP contribution in [0.25, 0.3) is 0 Å². The summed E-state index contributed by atoms with van der Waals surface area (Å²) in [5.41, 5.74) is -1.42. The van der Waals surface area contributed by atoms with E-state index in [1.54, 1.807) is 32.0 Å². The summed E-state index contributed by atoms with van der Waals surface area (Å²) in [5, 5.41) is 28.7. The standard InChI is InChI=1S/C14H16N2O5/c1-14(2)15(3)10(12(18)19)11(13(20)21)16(14)8-6-4-5-7-9(8)17/h4-7,17H,1-3H3,(H,18,19)(H,20,21). The van der Waals surface area contributed by atoms with Crippen LogP contribution in [0.5, 0.6) is 5.75 Å². The van der Waals surface area contributed by atoms with Gasteiger partial charge in [0, 0.05) is 7.05 Å². The molecule has 0 amide bonds. The van der Waals surface area contributed by atoms with Crippen LogP contribution in [-0.4, -0.2) is 44.9 Å². The second kappa shape index (κ2) is 4.69. The molecule has 1 heterocycles. The number of aliphatic carboxylic acids is 2. The van der Waals surface area contributed by atoms with E-state index in [4.69, 9.17) is 0 Å². The lowest BCUT2D eigenvalue weighted by atomic mass is 10.1. The first-order valence-corrected chi connectivity index (χ1v) is 6.22. The van der Waals surface area contributed by atoms with Gasteiger partial charge in [0.15, 0.2) is 11.4 Å². The fourth-order valence-corrected chi connectivity index (χ4v) is 2.47. The van der Waals surface area contributed by atoms with Crippen LogP contribution in [0.4, 0.5) is 5.69 Å². The minimum Gasteiger partial charge on any atom is -0.506 e. The number of phenols is 1. The van der Waals surface area contributed by atoms with Gasteiger partial charge in [-0.25, -0.2) is 9.59 Å². The van der Waals surface area contributed by atoms with Crippen LogP contribution in [0.2, 0.25) is 0 Å². The molecule has 3 N–H and O–H groups in total. The molecule has 1 aromatic carbocycles. The number of anilines is 1. The first-order chi connectivity index (χ1) is 9.69. The monoisotopic (exact) mass is 292 g/mol. The highest BCUT2D eigenvalue weighted by molar-refractivity contribution is 6.03. The van der Waals surface area contributed by atoms with Gasteiger partial charge in [0.05, 0.1) is 5.69 Å². The Hall–Kier alpha value is -2.70. The molecule has 1 aromatic rings. The summed E-state index contributed by atoms with van der Waals surface area (Å²) in [6.07, 6.45) is 0. The highest BCUT2D eigenvalue weighted by atomic mass is 16.4. The van der Waals surface area contributed by atoms with E-state index in [0.29, 0.717) is 0 Å². The van der Waals surface area contributed by atoms with Crippen molar-refractivity contribution >= 4 is 17.6 Å². The maximum atomic E-state index is 11.6. The zero-order chi connectivity index (χ0) is 15.9. The summed E-state index contributed by atoms with van der Waals surface area (Å²) >= 11 is 0. The molecule has 2 rings (SSSR count). The quantitative estimate of drug-likeness (QED) is 0.771. The van der Waals surface area contributed by atoms with Gasteiger partial charge in [-0.15, -0.1) is 0 Å². The van der Waals surface area contributed by atoms with Crippen LogP contribution in [0.3, 0.4) is 0 Å². The van der Waals surface area contributed by atoms with Crippen molar-refractivity contribution in [1.29, 1.82) is 0 Å². The Bertz CT molecular complexity index is 651. The molecule has 7 heteroatoms. The number of hydrogen-bond donors (Lipinski definition) is 3. The fraction of sp³-hybridized carbons (Fsp3) is 0.286. The number of carbonyl (C=O) groups is 2. The topological polar surface area (TPSA) is 101 Å². The molecule has 0 spiro atoms. The van der Waals surface area contributed by atoms with Crippen LogP contribution in [0.15, 0.2) is 35.7 Å². The van der Waals surface area contributed by atoms with Gasteiger partial charge in [-0.1, -0.05) is 12.1 Å². The summed E-state index contributed by atoms with van der Waals surface area (Å²) in [4.78, 5) is 25.7. The van der Waals surface area contributed by atoms with Crippen molar-refractivity contribution in [2.24, 2.45) is 0 Å². The van der Waals surface area contributed by atoms with Crippen LogP contribution in [-0.2, 0) is 9.59 Å². The van der Waals surface area contributed by atoms with Crippen molar-refractivity contribution in [3.8, 4) is 5.75 Å². The van der Waals surface area contributed by atoms with Crippen molar-refractivity contribution in [2.45, 2.75) is 19.5 Å². The number of likely N-dealkylation sites (N-methyl/N-ethyl adjacent to an activating group) is 1. The van der Waals surface area contributed by atoms with Crippen LogP contribution in [0, 0.1) is 0 Å². The molecule has 0 aromatic heterocycles. The third-order valence-electron chi connectivity index (χ3n) is 3.68. The molecule has 0 saturated heterocycles. The maximum absolute atomic E-state index is 11.6. The number of aromatic hydroxyl groups is 1. The van der Waals surface area contributed by atoms with E-state index in [9.17, 15) is 24.9 Å². The SMILES string of the molecule is CN1C(C(=O)O)=C(C(=O)O)N(c2ccccc2O)C1(C)C. The number of carboxylic acids is 2. The maximum Gasteiger partial charge on any atom is 0.355 e. The molecule has 0 radical (unpaired) electrons. The van der Waals surface area contributed by atoms with Gasteiger partial charge in [-0.2, -0.15) is 0 Å². The van der Waals surface area contributed by atoms with Gasteiger partial charge in [-0.3, -0.25) is 0 Å². The molecule has 0 bridgehead atoms. The average Bonchev–Trinajstić information content (AvgIpc) is 2.59. The largest absolute Gasteiger partial charge is 0.506 e. The highest BCUT2D eigenvalue weighted by Gasteiger charge is 2.49. The Morgan fingerprint density at radius 2 is 1.57 bits per heavy atom. The van der Waals surface area contributed by atoms with Crippen molar-refractivity contribution in [3.63, 3.8) is 0 Å². The first-order valence-electron chi connectivity index (χ1n) is 6.22. The molecule has 1 aliphatic rings. The molecule has 7 nitrogen and oxygen atoms in total. The molecular weight excluding hydrogens is 276 g/mol. The lowest BCUT2D eigenvalue weighted by Gasteiger charge is -2.39. The highest BCUT2D eigenvalue weighted by Crippen LogP contribution is 2.43. The van der Waals surface area contributed by atoms with Crippen LogP contribution >= 0.6 is 0 Å². The summed E-state index contributed by atoms with van der Waals surface area (Å²) in [6.45, 7) is 3.36. The third-order valence-corrected chi connectivity index (χ3v) is 3.68. The Morgan fingerprint density at radius 1 is 1.05 bits per heavy atom. The van der Waals surface area contributed by atoms with E-state index in [2.05, 4.69) is 0 Å². The Labute approximate surface area is 121 Å². The lowest BCUT2D eigenvalue weighted by Crippen LogP contribution is -2.49. The normalized spacial score (nSPS) is 17.3. The molecule has 0 aliphatic carbocycles. The van der Waals surface area contributed by atoms with Crippen molar-refractivity contribution in [2.75, 3.05) is 11.9 Å². The number of nitrogens with zero attached hydrogens (tertiary/aromatic N) is 2. The fourth-order valence-electron chi connectivity index (χ4n) is 2.47. The number of phenolic OH excluding ortho intramolecular Hbond substituents is 1. The molecule has 21 heavy (non-hydrogen) atoms. The third kappa shape index (κ3) is 2.06. The minimum absolute atomic E-state index is 0.121. The van der Waals surface area contributed by atoms with Gasteiger partial charge in [0.2, 0.25) is 0 Å². The number of para-hydroxylation sites is 2. The average molecular weight is 292 g/mol. The van der Waals surface area contributed by atoms with E-state index < -0.39 is 17.6 Å². The molecule has 0 atom stereocenters. The Morgan fingerprint density at radius 3 is 2.05 bits per heavy atom. The molecule has 0 fully saturated rings. The van der Waals surface area contributed by atoms with Gasteiger partial charge in [0.1, 0.15) is 11.4 Å². The number of carboxylic acid groups (broad SMARTS) is 2. The van der Waals surface area contributed by atoms with E-state index in [1.807, 2.05) is 0 Å². The van der Waals surface area contributed by atoms with Gasteiger partial charge in [-0.05, 0) is 26.0 Å². The Kier molecular flexibility index (Phi) is 3.29. The van der Waals surface area contributed by atoms with Crippen molar-refractivity contribution in [3.05, 3.63) is 35.7 Å². The van der Waals surface area contributed by atoms with Crippen LogP contribution < -0.4 is 4.90 Å². The van der Waals surface area contributed by atoms with E-state index in [1.165, 1.54) is 22.9 Å². The zero-order valence-corrected chi connectivity index (χ0v) is 11.9. The molecule has 0 saturated carbocycles. The van der Waals surface area contributed by atoms with Crippen molar-refractivity contribution < 1.29 is 24.9 Å². The number of rotatable bonds is 3. The zero-order valence-electron chi connectivity index (χ0n) is 11.9. The molecular formula is C14H16N2O5. The summed E-state index contributed by atoms with van der Waals surface area (Å²) in [6, 6.07) is 6.21. The Balaban J connectivity index is 2.75. The number of hydrogen-bond acceptors (Lipinski definition) is 5. The lowest BCUT2D eigenvalue weighted by molar-refractivity contribution is -0.136. The van der Waals surface area contributed by atoms with E-state index in [-0.39, 0.29) is 22.8 Å². The molecule has 0 unspecified atom stereocenters. The van der Waals surface area contributed by atoms with E-state index >= 15 is 0 Å². The summed E-state index contributed by atoms with van der Waals surface area (Å²) < 4.78 is 0. The van der Waals surface area contributed by atoms with Crippen LogP contribution in [0.1, 0.15) is 13.8 Å². The second-order valence-corrected chi connectivity index (χ2v) is 5.19. The van der Waals surface area contributed by atoms with E-state index in [0.717, 1.165) is 0 Å². The predicted octanol–water partition coefficient (Wildman–Crippen LogP) is 1.26. The summed E-state index contributed by atoms with van der Waals surface area (Å²) in [7, 11) is 1.51. The van der Waals surface area contributed by atoms with Gasteiger partial charge in [0.25, 0.3) is 0 Å². The van der Waals surface area contributed by atoms with Gasteiger partial charge >= 0.3 is 11.9 Å². The molecule has 1 aliphatic heterocycles. The van der Waals surface area contributed by atoms with Crippen molar-refractivity contribution in [1.82, 2.24) is 4.90 Å². The minimum atomic E-state index is -1.37. The smallest absolute Gasteiger partial charge is 0.355 e. The second-order valence-electron chi connectivity index (χ2n) is 5.19. The first kappa shape index (κ1) is 14.7. The van der Waals surface area contributed by atoms with Gasteiger partial charge < -0.3 is 25.1 Å². The predicted molar refractivity (Wildman–Crippen MR) is 74.7 cm³/mol.